The standard InChI is InChI=1S/C22H27NO5S/c1-13(2)17-9-16(10-18(14(3)4)21(17)28-15(5)24)11-19-22(26)23(7-8-29-19)12-20(25)27-6/h7-11,13-14H,12H2,1-6H3. The SMILES string of the molecule is COC(=O)CN1C=CSC(=Cc2cc(C(C)C)c(OC(C)=O)c(C(C)C)c2)C1=O. The van der Waals surface area contributed by atoms with Gasteiger partial charge in [-0.05, 0) is 52.1 Å². The molecule has 29 heavy (non-hydrogen) atoms. The molecule has 0 spiro atoms. The van der Waals surface area contributed by atoms with Crippen LogP contribution >= 0.6 is 11.8 Å². The predicted octanol–water partition coefficient (Wildman–Crippen LogP) is 4.42. The maximum absolute atomic E-state index is 12.7. The molecule has 6 nitrogen and oxygen atoms in total. The summed E-state index contributed by atoms with van der Waals surface area (Å²) in [6.07, 6.45) is 3.38. The van der Waals surface area contributed by atoms with Crippen LogP contribution in [0.2, 0.25) is 0 Å². The second-order valence-corrected chi connectivity index (χ2v) is 8.30. The molecule has 0 aliphatic carbocycles. The zero-order valence-corrected chi connectivity index (χ0v) is 18.5. The van der Waals surface area contributed by atoms with Crippen molar-refractivity contribution in [3.05, 3.63) is 45.3 Å². The maximum atomic E-state index is 12.7. The van der Waals surface area contributed by atoms with Crippen LogP contribution in [0.5, 0.6) is 5.75 Å². The van der Waals surface area contributed by atoms with Gasteiger partial charge in [-0.1, -0.05) is 39.5 Å². The van der Waals surface area contributed by atoms with Gasteiger partial charge in [0, 0.05) is 13.1 Å². The molecule has 0 saturated carbocycles. The number of amides is 1. The van der Waals surface area contributed by atoms with Crippen molar-refractivity contribution >= 4 is 35.7 Å². The Balaban J connectivity index is 2.49. The number of hydrogen-bond donors (Lipinski definition) is 0. The van der Waals surface area contributed by atoms with Gasteiger partial charge in [0.25, 0.3) is 5.91 Å². The molecule has 1 amide bonds. The van der Waals surface area contributed by atoms with E-state index in [1.165, 1.54) is 30.7 Å². The maximum Gasteiger partial charge on any atom is 0.325 e. The number of methoxy groups -OCH3 is 1. The molecule has 1 heterocycles. The van der Waals surface area contributed by atoms with Crippen LogP contribution in [0.25, 0.3) is 6.08 Å². The normalized spacial score (nSPS) is 15.4. The molecule has 0 N–H and O–H groups in total. The predicted molar refractivity (Wildman–Crippen MR) is 114 cm³/mol. The lowest BCUT2D eigenvalue weighted by atomic mass is 9.91. The first kappa shape index (κ1) is 22.7. The summed E-state index contributed by atoms with van der Waals surface area (Å²) in [6.45, 7) is 9.39. The minimum atomic E-state index is -0.482. The van der Waals surface area contributed by atoms with Gasteiger partial charge in [-0.2, -0.15) is 0 Å². The third kappa shape index (κ3) is 5.73. The second kappa shape index (κ2) is 9.78. The van der Waals surface area contributed by atoms with Crippen molar-refractivity contribution < 1.29 is 23.9 Å². The zero-order chi connectivity index (χ0) is 21.7. The van der Waals surface area contributed by atoms with Gasteiger partial charge in [-0.3, -0.25) is 14.4 Å². The molecule has 0 saturated heterocycles. The number of thioether (sulfide) groups is 1. The third-order valence-corrected chi connectivity index (χ3v) is 5.20. The Bertz CT molecular complexity index is 841. The van der Waals surface area contributed by atoms with Crippen molar-refractivity contribution in [2.45, 2.75) is 46.5 Å². The Morgan fingerprint density at radius 1 is 1.14 bits per heavy atom. The number of hydrogen-bond acceptors (Lipinski definition) is 6. The van der Waals surface area contributed by atoms with Crippen LogP contribution in [0, 0.1) is 0 Å². The smallest absolute Gasteiger partial charge is 0.325 e. The fraction of sp³-hybridized carbons (Fsp3) is 0.409. The molecule has 1 aromatic rings. The molecule has 0 fully saturated rings. The van der Waals surface area contributed by atoms with Gasteiger partial charge in [-0.15, -0.1) is 0 Å². The van der Waals surface area contributed by atoms with Crippen LogP contribution in [-0.2, 0) is 19.1 Å². The summed E-state index contributed by atoms with van der Waals surface area (Å²) in [4.78, 5) is 37.7. The fourth-order valence-corrected chi connectivity index (χ4v) is 3.69. The lowest BCUT2D eigenvalue weighted by Crippen LogP contribution is -2.33. The van der Waals surface area contributed by atoms with E-state index in [0.717, 1.165) is 16.7 Å². The molecule has 0 atom stereocenters. The van der Waals surface area contributed by atoms with Crippen LogP contribution in [0.1, 0.15) is 63.1 Å². The van der Waals surface area contributed by atoms with Crippen molar-refractivity contribution in [2.75, 3.05) is 13.7 Å². The lowest BCUT2D eigenvalue weighted by molar-refractivity contribution is -0.144. The van der Waals surface area contributed by atoms with E-state index in [2.05, 4.69) is 4.74 Å². The summed E-state index contributed by atoms with van der Waals surface area (Å²) in [5, 5.41) is 1.76. The number of carbonyl (C=O) groups excluding carboxylic acids is 3. The summed E-state index contributed by atoms with van der Waals surface area (Å²) in [6, 6.07) is 3.89. The summed E-state index contributed by atoms with van der Waals surface area (Å²) in [7, 11) is 1.29. The van der Waals surface area contributed by atoms with Gasteiger partial charge in [0.2, 0.25) is 0 Å². The summed E-state index contributed by atoms with van der Waals surface area (Å²) >= 11 is 1.30. The van der Waals surface area contributed by atoms with Crippen molar-refractivity contribution in [3.8, 4) is 5.75 Å². The average molecular weight is 418 g/mol. The molecule has 2 rings (SSSR count). The van der Waals surface area contributed by atoms with E-state index in [-0.39, 0.29) is 30.3 Å². The van der Waals surface area contributed by atoms with E-state index in [0.29, 0.717) is 10.7 Å². The van der Waals surface area contributed by atoms with E-state index in [1.54, 1.807) is 17.7 Å². The van der Waals surface area contributed by atoms with Gasteiger partial charge < -0.3 is 14.4 Å². The minimum absolute atomic E-state index is 0.130. The van der Waals surface area contributed by atoms with Gasteiger partial charge in [-0.25, -0.2) is 0 Å². The summed E-state index contributed by atoms with van der Waals surface area (Å²) in [5.41, 5.74) is 2.67. The average Bonchev–Trinajstić information content (AvgIpc) is 2.64. The molecule has 1 aliphatic rings. The zero-order valence-electron chi connectivity index (χ0n) is 17.6. The van der Waals surface area contributed by atoms with E-state index in [1.807, 2.05) is 39.8 Å². The first-order valence-electron chi connectivity index (χ1n) is 9.43. The van der Waals surface area contributed by atoms with Crippen molar-refractivity contribution in [2.24, 2.45) is 0 Å². The van der Waals surface area contributed by atoms with Crippen molar-refractivity contribution in [3.63, 3.8) is 0 Å². The number of nitrogens with zero attached hydrogens (tertiary/aromatic N) is 1. The monoisotopic (exact) mass is 417 g/mol. The Labute approximate surface area is 175 Å². The minimum Gasteiger partial charge on any atom is -0.468 e. The quantitative estimate of drug-likeness (QED) is 0.388. The number of rotatable bonds is 6. The first-order valence-corrected chi connectivity index (χ1v) is 10.3. The second-order valence-electron chi connectivity index (χ2n) is 7.35. The van der Waals surface area contributed by atoms with E-state index in [4.69, 9.17) is 4.74 Å². The van der Waals surface area contributed by atoms with E-state index < -0.39 is 5.97 Å². The molecular formula is C22H27NO5S. The molecule has 7 heteroatoms. The Hall–Kier alpha value is -2.54. The fourth-order valence-electron chi connectivity index (χ4n) is 2.91. The highest BCUT2D eigenvalue weighted by molar-refractivity contribution is 8.06. The number of carbonyl (C=O) groups is 3. The van der Waals surface area contributed by atoms with Gasteiger partial charge in [0.1, 0.15) is 12.3 Å². The van der Waals surface area contributed by atoms with Crippen molar-refractivity contribution in [1.82, 2.24) is 4.90 Å². The van der Waals surface area contributed by atoms with Crippen LogP contribution in [0.4, 0.5) is 0 Å². The molecular weight excluding hydrogens is 390 g/mol. The van der Waals surface area contributed by atoms with Crippen LogP contribution < -0.4 is 4.74 Å². The van der Waals surface area contributed by atoms with E-state index >= 15 is 0 Å². The Morgan fingerprint density at radius 3 is 2.21 bits per heavy atom. The highest BCUT2D eigenvalue weighted by atomic mass is 32.2. The molecule has 1 aromatic carbocycles. The molecule has 0 radical (unpaired) electrons. The van der Waals surface area contributed by atoms with Crippen LogP contribution in [-0.4, -0.2) is 36.4 Å². The molecule has 1 aliphatic heterocycles. The Morgan fingerprint density at radius 2 is 1.72 bits per heavy atom. The number of ether oxygens (including phenoxy) is 2. The Kier molecular flexibility index (Phi) is 7.67. The summed E-state index contributed by atoms with van der Waals surface area (Å²) in [5.74, 6) is -0.245. The molecule has 0 bridgehead atoms. The van der Waals surface area contributed by atoms with Crippen molar-refractivity contribution in [1.29, 1.82) is 0 Å². The lowest BCUT2D eigenvalue weighted by Gasteiger charge is -2.22. The summed E-state index contributed by atoms with van der Waals surface area (Å²) < 4.78 is 10.2. The molecule has 0 aromatic heterocycles. The van der Waals surface area contributed by atoms with Gasteiger partial charge >= 0.3 is 11.9 Å². The van der Waals surface area contributed by atoms with E-state index in [9.17, 15) is 14.4 Å². The van der Waals surface area contributed by atoms with Gasteiger partial charge in [0.15, 0.2) is 0 Å². The molecule has 156 valence electrons. The highest BCUT2D eigenvalue weighted by Crippen LogP contribution is 2.37. The number of esters is 2. The largest absolute Gasteiger partial charge is 0.468 e. The third-order valence-electron chi connectivity index (χ3n) is 4.39. The first-order chi connectivity index (χ1) is 13.6. The van der Waals surface area contributed by atoms with Crippen LogP contribution in [0.15, 0.2) is 28.6 Å². The van der Waals surface area contributed by atoms with Gasteiger partial charge in [0.05, 0.1) is 12.0 Å². The highest BCUT2D eigenvalue weighted by Gasteiger charge is 2.24. The van der Waals surface area contributed by atoms with Crippen LogP contribution in [0.3, 0.4) is 0 Å². The topological polar surface area (TPSA) is 72.9 Å². The number of benzene rings is 1. The molecule has 0 unspecified atom stereocenters.